The summed E-state index contributed by atoms with van der Waals surface area (Å²) in [5, 5.41) is 8.39. The predicted molar refractivity (Wildman–Crippen MR) is 107 cm³/mol. The van der Waals surface area contributed by atoms with E-state index in [0.717, 1.165) is 0 Å². The van der Waals surface area contributed by atoms with Gasteiger partial charge in [-0.2, -0.15) is 0 Å². The van der Waals surface area contributed by atoms with Crippen LogP contribution < -0.4 is 16.0 Å². The molecule has 0 saturated heterocycles. The van der Waals surface area contributed by atoms with Gasteiger partial charge in [0.05, 0.1) is 11.3 Å². The average Bonchev–Trinajstić information content (AvgIpc) is 2.60. The summed E-state index contributed by atoms with van der Waals surface area (Å²) in [6, 6.07) is 13.5. The molecule has 0 heterocycles. The van der Waals surface area contributed by atoms with E-state index >= 15 is 0 Å². The first-order valence-electron chi connectivity index (χ1n) is 8.82. The third-order valence-electron chi connectivity index (χ3n) is 3.64. The monoisotopic (exact) mass is 367 g/mol. The zero-order valence-corrected chi connectivity index (χ0v) is 16.1. The van der Waals surface area contributed by atoms with Crippen molar-refractivity contribution in [2.45, 2.75) is 39.7 Å². The van der Waals surface area contributed by atoms with E-state index in [1.807, 2.05) is 20.8 Å². The quantitative estimate of drug-likeness (QED) is 0.751. The number of para-hydroxylation sites is 1. The number of hydrogen-bond acceptors (Lipinski definition) is 3. The lowest BCUT2D eigenvalue weighted by molar-refractivity contribution is -0.115. The summed E-state index contributed by atoms with van der Waals surface area (Å²) < 4.78 is 0. The molecule has 0 fully saturated rings. The Morgan fingerprint density at radius 3 is 2.26 bits per heavy atom. The van der Waals surface area contributed by atoms with Gasteiger partial charge in [-0.3, -0.25) is 14.4 Å². The lowest BCUT2D eigenvalue weighted by atomic mass is 10.1. The van der Waals surface area contributed by atoms with Crippen LogP contribution in [0.3, 0.4) is 0 Å². The van der Waals surface area contributed by atoms with Crippen molar-refractivity contribution in [3.8, 4) is 0 Å². The molecule has 142 valence electrons. The van der Waals surface area contributed by atoms with E-state index in [9.17, 15) is 14.4 Å². The van der Waals surface area contributed by atoms with E-state index in [1.54, 1.807) is 55.5 Å². The fourth-order valence-electron chi connectivity index (χ4n) is 2.38. The van der Waals surface area contributed by atoms with Gasteiger partial charge in [-0.05, 0) is 51.1 Å². The summed E-state index contributed by atoms with van der Waals surface area (Å²) in [6.45, 7) is 7.43. The third kappa shape index (κ3) is 5.95. The summed E-state index contributed by atoms with van der Waals surface area (Å²) >= 11 is 0. The van der Waals surface area contributed by atoms with Crippen LogP contribution in [-0.2, 0) is 4.79 Å². The van der Waals surface area contributed by atoms with Gasteiger partial charge in [0.15, 0.2) is 0 Å². The highest BCUT2D eigenvalue weighted by Crippen LogP contribution is 2.18. The van der Waals surface area contributed by atoms with E-state index in [4.69, 9.17) is 0 Å². The molecule has 6 heteroatoms. The van der Waals surface area contributed by atoms with Crippen molar-refractivity contribution in [3.63, 3.8) is 0 Å². The fourth-order valence-corrected chi connectivity index (χ4v) is 2.38. The molecule has 0 bridgehead atoms. The van der Waals surface area contributed by atoms with E-state index in [-0.39, 0.29) is 23.3 Å². The molecule has 3 amide bonds. The molecule has 6 nitrogen and oxygen atoms in total. The highest BCUT2D eigenvalue weighted by atomic mass is 16.2. The Hall–Kier alpha value is -3.15. The summed E-state index contributed by atoms with van der Waals surface area (Å²) in [5.74, 6) is -0.752. The Bertz CT molecular complexity index is 854. The Morgan fingerprint density at radius 2 is 1.59 bits per heavy atom. The molecule has 3 N–H and O–H groups in total. The second kappa shape index (κ2) is 8.49. The third-order valence-corrected chi connectivity index (χ3v) is 3.64. The van der Waals surface area contributed by atoms with Crippen LogP contribution in [0.2, 0.25) is 0 Å². The van der Waals surface area contributed by atoms with Gasteiger partial charge in [0, 0.05) is 23.2 Å². The van der Waals surface area contributed by atoms with Crippen LogP contribution in [0, 0.1) is 0 Å². The predicted octanol–water partition coefficient (Wildman–Crippen LogP) is 3.82. The number of hydrogen-bond donors (Lipinski definition) is 3. The van der Waals surface area contributed by atoms with E-state index < -0.39 is 0 Å². The Kier molecular flexibility index (Phi) is 6.34. The molecule has 2 aromatic carbocycles. The normalized spacial score (nSPS) is 10.8. The number of nitrogens with one attached hydrogen (secondary N) is 3. The zero-order valence-electron chi connectivity index (χ0n) is 16.1. The molecule has 2 aromatic rings. The minimum atomic E-state index is -0.389. The molecule has 27 heavy (non-hydrogen) atoms. The van der Waals surface area contributed by atoms with Crippen molar-refractivity contribution in [1.82, 2.24) is 5.32 Å². The Balaban J connectivity index is 2.20. The maximum atomic E-state index is 12.6. The van der Waals surface area contributed by atoms with Crippen molar-refractivity contribution in [2.75, 3.05) is 10.6 Å². The molecule has 0 aromatic heterocycles. The standard InChI is InChI=1S/C21H25N3O3/c1-5-18(25)22-15-10-8-9-14(13-15)19(26)23-17-12-7-6-11-16(17)20(27)24-21(2,3)4/h6-13H,5H2,1-4H3,(H,22,25)(H,23,26)(H,24,27). The van der Waals surface area contributed by atoms with Crippen LogP contribution in [0.1, 0.15) is 54.8 Å². The molecular formula is C21H25N3O3. The maximum Gasteiger partial charge on any atom is 0.255 e. The van der Waals surface area contributed by atoms with Gasteiger partial charge in [-0.25, -0.2) is 0 Å². The number of benzene rings is 2. The SMILES string of the molecule is CCC(=O)Nc1cccc(C(=O)Nc2ccccc2C(=O)NC(C)(C)C)c1. The van der Waals surface area contributed by atoms with Gasteiger partial charge < -0.3 is 16.0 Å². The van der Waals surface area contributed by atoms with Crippen molar-refractivity contribution >= 4 is 29.1 Å². The van der Waals surface area contributed by atoms with Crippen LogP contribution in [-0.4, -0.2) is 23.3 Å². The molecule has 2 rings (SSSR count). The van der Waals surface area contributed by atoms with Crippen LogP contribution in [0.5, 0.6) is 0 Å². The Morgan fingerprint density at radius 1 is 0.889 bits per heavy atom. The minimum absolute atomic E-state index is 0.128. The molecular weight excluding hydrogens is 342 g/mol. The molecule has 0 atom stereocenters. The molecule has 0 spiro atoms. The van der Waals surface area contributed by atoms with Crippen LogP contribution in [0.4, 0.5) is 11.4 Å². The van der Waals surface area contributed by atoms with E-state index in [2.05, 4.69) is 16.0 Å². The second-order valence-electron chi connectivity index (χ2n) is 7.19. The van der Waals surface area contributed by atoms with Crippen molar-refractivity contribution in [1.29, 1.82) is 0 Å². The van der Waals surface area contributed by atoms with Crippen LogP contribution >= 0.6 is 0 Å². The summed E-state index contributed by atoms with van der Waals surface area (Å²) in [5.41, 5.74) is 1.35. The first-order chi connectivity index (χ1) is 12.7. The topological polar surface area (TPSA) is 87.3 Å². The number of carbonyl (C=O) groups is 3. The summed E-state index contributed by atoms with van der Waals surface area (Å²) in [7, 11) is 0. The number of carbonyl (C=O) groups excluding carboxylic acids is 3. The Labute approximate surface area is 159 Å². The lowest BCUT2D eigenvalue weighted by Gasteiger charge is -2.21. The van der Waals surface area contributed by atoms with Crippen LogP contribution in [0.15, 0.2) is 48.5 Å². The van der Waals surface area contributed by atoms with Crippen molar-refractivity contribution in [2.24, 2.45) is 0 Å². The zero-order chi connectivity index (χ0) is 20.0. The van der Waals surface area contributed by atoms with Gasteiger partial charge in [-0.1, -0.05) is 25.1 Å². The highest BCUT2D eigenvalue weighted by molar-refractivity contribution is 6.09. The fraction of sp³-hybridized carbons (Fsp3) is 0.286. The van der Waals surface area contributed by atoms with Gasteiger partial charge in [0.2, 0.25) is 5.91 Å². The van der Waals surface area contributed by atoms with Crippen LogP contribution in [0.25, 0.3) is 0 Å². The van der Waals surface area contributed by atoms with Gasteiger partial charge in [0.1, 0.15) is 0 Å². The molecule has 0 aliphatic heterocycles. The molecule has 0 saturated carbocycles. The highest BCUT2D eigenvalue weighted by Gasteiger charge is 2.19. The second-order valence-corrected chi connectivity index (χ2v) is 7.19. The maximum absolute atomic E-state index is 12.6. The average molecular weight is 367 g/mol. The number of amides is 3. The summed E-state index contributed by atoms with van der Waals surface area (Å²) in [6.07, 6.45) is 0.354. The molecule has 0 aliphatic carbocycles. The van der Waals surface area contributed by atoms with Gasteiger partial charge >= 0.3 is 0 Å². The van der Waals surface area contributed by atoms with Gasteiger partial charge in [0.25, 0.3) is 11.8 Å². The van der Waals surface area contributed by atoms with Crippen molar-refractivity contribution < 1.29 is 14.4 Å². The first kappa shape index (κ1) is 20.2. The molecule has 0 unspecified atom stereocenters. The van der Waals surface area contributed by atoms with E-state index in [0.29, 0.717) is 28.9 Å². The minimum Gasteiger partial charge on any atom is -0.347 e. The molecule has 0 aliphatic rings. The van der Waals surface area contributed by atoms with Crippen molar-refractivity contribution in [3.05, 3.63) is 59.7 Å². The number of anilines is 2. The largest absolute Gasteiger partial charge is 0.347 e. The summed E-state index contributed by atoms with van der Waals surface area (Å²) in [4.78, 5) is 36.7. The van der Waals surface area contributed by atoms with Gasteiger partial charge in [-0.15, -0.1) is 0 Å². The molecule has 0 radical (unpaired) electrons. The number of rotatable bonds is 5. The smallest absolute Gasteiger partial charge is 0.255 e. The van der Waals surface area contributed by atoms with E-state index in [1.165, 1.54) is 0 Å². The lowest BCUT2D eigenvalue weighted by Crippen LogP contribution is -2.40. The first-order valence-corrected chi connectivity index (χ1v) is 8.82.